The molecule has 2 fully saturated rings. The van der Waals surface area contributed by atoms with Gasteiger partial charge in [-0.25, -0.2) is 0 Å². The maximum atomic E-state index is 10.1. The van der Waals surface area contributed by atoms with E-state index in [1.165, 1.54) is 6.42 Å². The first-order valence-corrected chi connectivity index (χ1v) is 5.98. The molecule has 0 aromatic rings. The van der Waals surface area contributed by atoms with Crippen LogP contribution in [0.15, 0.2) is 0 Å². The van der Waals surface area contributed by atoms with Gasteiger partial charge in [0.25, 0.3) is 0 Å². The van der Waals surface area contributed by atoms with Crippen LogP contribution in [0, 0.1) is 5.92 Å². The average Bonchev–Trinajstić information content (AvgIpc) is 2.56. The molecule has 0 bridgehead atoms. The second-order valence-corrected chi connectivity index (χ2v) is 4.77. The highest BCUT2D eigenvalue weighted by Crippen LogP contribution is 2.22. The van der Waals surface area contributed by atoms with Crippen molar-refractivity contribution < 1.29 is 9.84 Å². The van der Waals surface area contributed by atoms with E-state index < -0.39 is 0 Å². The molecule has 0 spiro atoms. The first kappa shape index (κ1) is 11.3. The molecule has 2 rings (SSSR count). The number of hydrogen-bond acceptors (Lipinski definition) is 4. The minimum atomic E-state index is -0.383. The van der Waals surface area contributed by atoms with Gasteiger partial charge in [0.15, 0.2) is 6.35 Å². The Labute approximate surface area is 91.8 Å². The molecule has 0 aromatic heterocycles. The summed E-state index contributed by atoms with van der Waals surface area (Å²) in [5.74, 6) is 0.726. The van der Waals surface area contributed by atoms with E-state index >= 15 is 0 Å². The lowest BCUT2D eigenvalue weighted by molar-refractivity contribution is -0.175. The molecule has 2 unspecified atom stereocenters. The van der Waals surface area contributed by atoms with Crippen molar-refractivity contribution in [2.45, 2.75) is 32.7 Å². The molecule has 4 nitrogen and oxygen atoms in total. The average molecular weight is 214 g/mol. The van der Waals surface area contributed by atoms with E-state index in [0.29, 0.717) is 6.10 Å². The fourth-order valence-corrected chi connectivity index (χ4v) is 2.41. The smallest absolute Gasteiger partial charge is 0.165 e. The third kappa shape index (κ3) is 2.50. The molecule has 1 N–H and O–H groups in total. The molecule has 15 heavy (non-hydrogen) atoms. The lowest BCUT2D eigenvalue weighted by Crippen LogP contribution is -2.61. The quantitative estimate of drug-likeness (QED) is 0.731. The molecular weight excluding hydrogens is 192 g/mol. The van der Waals surface area contributed by atoms with E-state index in [1.54, 1.807) is 0 Å². The molecule has 0 saturated carbocycles. The largest absolute Gasteiger partial charge is 0.376 e. The number of likely N-dealkylation sites (tertiary alicyclic amines) is 2. The molecule has 88 valence electrons. The van der Waals surface area contributed by atoms with Crippen LogP contribution in [0.4, 0.5) is 0 Å². The van der Waals surface area contributed by atoms with Gasteiger partial charge in [-0.2, -0.15) is 0 Å². The monoisotopic (exact) mass is 214 g/mol. The Morgan fingerprint density at radius 1 is 1.33 bits per heavy atom. The Hall–Kier alpha value is -0.160. The molecule has 0 amide bonds. The Kier molecular flexibility index (Phi) is 3.61. The standard InChI is InChI=1S/C11H22N2O2/c1-3-15-10-7-13(8-10)11(14)12-5-4-9(2)6-12/h9-11,14H,3-8H2,1-2H3. The van der Waals surface area contributed by atoms with Crippen molar-refractivity contribution in [3.05, 3.63) is 0 Å². The Morgan fingerprint density at radius 3 is 2.60 bits per heavy atom. The van der Waals surface area contributed by atoms with Gasteiger partial charge in [0.2, 0.25) is 0 Å². The zero-order valence-electron chi connectivity index (χ0n) is 9.72. The van der Waals surface area contributed by atoms with Crippen molar-refractivity contribution in [3.63, 3.8) is 0 Å². The summed E-state index contributed by atoms with van der Waals surface area (Å²) in [6.45, 7) is 8.83. The van der Waals surface area contributed by atoms with Crippen molar-refractivity contribution in [3.8, 4) is 0 Å². The molecule has 4 heteroatoms. The molecule has 0 aliphatic carbocycles. The maximum absolute atomic E-state index is 10.1. The molecule has 0 aromatic carbocycles. The number of hydrogen-bond donors (Lipinski definition) is 1. The van der Waals surface area contributed by atoms with Crippen LogP contribution in [-0.2, 0) is 4.74 Å². The van der Waals surface area contributed by atoms with E-state index in [4.69, 9.17) is 4.74 Å². The van der Waals surface area contributed by atoms with E-state index in [0.717, 1.165) is 38.7 Å². The number of nitrogens with zero attached hydrogens (tertiary/aromatic N) is 2. The number of rotatable bonds is 4. The first-order chi connectivity index (χ1) is 7.20. The van der Waals surface area contributed by atoms with Crippen LogP contribution >= 0.6 is 0 Å². The SMILES string of the molecule is CCOC1CN(C(O)N2CCC(C)C2)C1. The second-order valence-electron chi connectivity index (χ2n) is 4.77. The molecule has 2 saturated heterocycles. The van der Waals surface area contributed by atoms with Crippen LogP contribution in [0.1, 0.15) is 20.3 Å². The summed E-state index contributed by atoms with van der Waals surface area (Å²) < 4.78 is 5.47. The van der Waals surface area contributed by atoms with Crippen molar-refractivity contribution in [1.82, 2.24) is 9.80 Å². The Bertz CT molecular complexity index is 207. The van der Waals surface area contributed by atoms with Crippen molar-refractivity contribution in [2.75, 3.05) is 32.8 Å². The molecular formula is C11H22N2O2. The van der Waals surface area contributed by atoms with Gasteiger partial charge in [-0.15, -0.1) is 0 Å². The summed E-state index contributed by atoms with van der Waals surface area (Å²) in [6.07, 6.45) is 1.16. The topological polar surface area (TPSA) is 35.9 Å². The predicted molar refractivity (Wildman–Crippen MR) is 58.3 cm³/mol. The zero-order valence-corrected chi connectivity index (χ0v) is 9.72. The second kappa shape index (κ2) is 4.78. The highest BCUT2D eigenvalue weighted by atomic mass is 16.5. The van der Waals surface area contributed by atoms with E-state index in [-0.39, 0.29) is 6.35 Å². The van der Waals surface area contributed by atoms with E-state index in [2.05, 4.69) is 16.7 Å². The minimum Gasteiger partial charge on any atom is -0.376 e. The van der Waals surface area contributed by atoms with Gasteiger partial charge in [-0.05, 0) is 19.3 Å². The molecule has 2 heterocycles. The third-order valence-corrected chi connectivity index (χ3v) is 3.39. The van der Waals surface area contributed by atoms with E-state index in [1.807, 2.05) is 6.92 Å². The van der Waals surface area contributed by atoms with Crippen LogP contribution in [-0.4, -0.2) is 60.1 Å². The minimum absolute atomic E-state index is 0.338. The van der Waals surface area contributed by atoms with Crippen molar-refractivity contribution in [2.24, 2.45) is 5.92 Å². The van der Waals surface area contributed by atoms with Gasteiger partial charge in [0.1, 0.15) is 0 Å². The maximum Gasteiger partial charge on any atom is 0.165 e. The van der Waals surface area contributed by atoms with Crippen LogP contribution in [0.25, 0.3) is 0 Å². The summed E-state index contributed by atoms with van der Waals surface area (Å²) >= 11 is 0. The van der Waals surface area contributed by atoms with Gasteiger partial charge < -0.3 is 9.84 Å². The number of ether oxygens (including phenoxy) is 1. The molecule has 0 radical (unpaired) electrons. The van der Waals surface area contributed by atoms with Crippen LogP contribution < -0.4 is 0 Å². The summed E-state index contributed by atoms with van der Waals surface area (Å²) in [6, 6.07) is 0. The van der Waals surface area contributed by atoms with Gasteiger partial charge >= 0.3 is 0 Å². The molecule has 2 aliphatic rings. The normalized spacial score (nSPS) is 31.8. The van der Waals surface area contributed by atoms with Gasteiger partial charge in [0, 0.05) is 32.8 Å². The van der Waals surface area contributed by atoms with Gasteiger partial charge in [-0.3, -0.25) is 9.80 Å². The van der Waals surface area contributed by atoms with Crippen LogP contribution in [0.5, 0.6) is 0 Å². The zero-order chi connectivity index (χ0) is 10.8. The number of aliphatic hydroxyl groups is 1. The lowest BCUT2D eigenvalue weighted by Gasteiger charge is -2.44. The summed E-state index contributed by atoms with van der Waals surface area (Å²) in [4.78, 5) is 4.24. The fraction of sp³-hybridized carbons (Fsp3) is 1.00. The van der Waals surface area contributed by atoms with E-state index in [9.17, 15) is 5.11 Å². The first-order valence-electron chi connectivity index (χ1n) is 5.98. The predicted octanol–water partition coefficient (Wildman–Crippen LogP) is 0.325. The summed E-state index contributed by atoms with van der Waals surface area (Å²) in [5, 5.41) is 10.1. The number of aliphatic hydroxyl groups excluding tert-OH is 1. The highest BCUT2D eigenvalue weighted by Gasteiger charge is 2.36. The Balaban J connectivity index is 1.71. The summed E-state index contributed by atoms with van der Waals surface area (Å²) in [7, 11) is 0. The van der Waals surface area contributed by atoms with Crippen molar-refractivity contribution in [1.29, 1.82) is 0 Å². The fourth-order valence-electron chi connectivity index (χ4n) is 2.41. The lowest BCUT2D eigenvalue weighted by atomic mass is 10.2. The molecule has 2 aliphatic heterocycles. The van der Waals surface area contributed by atoms with Crippen LogP contribution in [0.2, 0.25) is 0 Å². The summed E-state index contributed by atoms with van der Waals surface area (Å²) in [5.41, 5.74) is 0. The molecule has 2 atom stereocenters. The Morgan fingerprint density at radius 2 is 2.07 bits per heavy atom. The van der Waals surface area contributed by atoms with Gasteiger partial charge in [0.05, 0.1) is 6.10 Å². The third-order valence-electron chi connectivity index (χ3n) is 3.39. The van der Waals surface area contributed by atoms with Crippen molar-refractivity contribution >= 4 is 0 Å². The van der Waals surface area contributed by atoms with Crippen LogP contribution in [0.3, 0.4) is 0 Å². The highest BCUT2D eigenvalue weighted by molar-refractivity contribution is 4.84. The van der Waals surface area contributed by atoms with Gasteiger partial charge in [-0.1, -0.05) is 6.92 Å².